The van der Waals surface area contributed by atoms with Gasteiger partial charge in [0.25, 0.3) is 5.91 Å². The zero-order valence-electron chi connectivity index (χ0n) is 17.2. The second-order valence-electron chi connectivity index (χ2n) is 7.23. The molecule has 0 aliphatic rings. The lowest BCUT2D eigenvalue weighted by molar-refractivity contribution is 0.102. The number of amides is 1. The largest absolute Gasteiger partial charge is 0.494 e. The third kappa shape index (κ3) is 6.63. The molecule has 3 aromatic carbocycles. The van der Waals surface area contributed by atoms with Crippen LogP contribution in [0.15, 0.2) is 77.3 Å². The van der Waals surface area contributed by atoms with Crippen molar-refractivity contribution in [2.24, 2.45) is 0 Å². The first kappa shape index (κ1) is 21.9. The van der Waals surface area contributed by atoms with Crippen molar-refractivity contribution >= 4 is 27.5 Å². The standard InChI is InChI=1S/C25H26BrNO3/c1-18(2)30-24-14-13-20(26)16-23(24)25(28)27-21-11-6-12-22(17-21)29-15-7-10-19-8-4-3-5-9-19/h3-6,8-9,11-14,16-18H,7,10,15H2,1-2H3,(H,27,28). The summed E-state index contributed by atoms with van der Waals surface area (Å²) in [6.07, 6.45) is 1.87. The van der Waals surface area contributed by atoms with E-state index < -0.39 is 0 Å². The number of hydrogen-bond donors (Lipinski definition) is 1. The Kier molecular flexibility index (Phi) is 7.91. The van der Waals surface area contributed by atoms with Crippen LogP contribution < -0.4 is 14.8 Å². The Morgan fingerprint density at radius 1 is 1.00 bits per heavy atom. The third-order valence-electron chi connectivity index (χ3n) is 4.36. The summed E-state index contributed by atoms with van der Waals surface area (Å²) in [5.74, 6) is 1.06. The van der Waals surface area contributed by atoms with E-state index in [1.165, 1.54) is 5.56 Å². The SMILES string of the molecule is CC(C)Oc1ccc(Br)cc1C(=O)Nc1cccc(OCCCc2ccccc2)c1. The van der Waals surface area contributed by atoms with Crippen molar-refractivity contribution in [3.63, 3.8) is 0 Å². The molecule has 5 heteroatoms. The number of carbonyl (C=O) groups excluding carboxylic acids is 1. The van der Waals surface area contributed by atoms with Crippen LogP contribution in [-0.2, 0) is 6.42 Å². The molecular weight excluding hydrogens is 442 g/mol. The zero-order valence-corrected chi connectivity index (χ0v) is 18.8. The zero-order chi connectivity index (χ0) is 21.3. The average Bonchev–Trinajstić information content (AvgIpc) is 2.73. The molecule has 0 unspecified atom stereocenters. The predicted octanol–water partition coefficient (Wildman–Crippen LogP) is 6.50. The van der Waals surface area contributed by atoms with Crippen LogP contribution in [0, 0.1) is 0 Å². The first-order chi connectivity index (χ1) is 14.5. The first-order valence-corrected chi connectivity index (χ1v) is 10.8. The molecule has 0 bridgehead atoms. The first-order valence-electron chi connectivity index (χ1n) is 10.1. The molecule has 4 nitrogen and oxygen atoms in total. The molecule has 3 rings (SSSR count). The minimum absolute atomic E-state index is 0.0228. The number of halogens is 1. The second-order valence-corrected chi connectivity index (χ2v) is 8.14. The van der Waals surface area contributed by atoms with Crippen LogP contribution in [0.3, 0.4) is 0 Å². The van der Waals surface area contributed by atoms with Gasteiger partial charge in [0.05, 0.1) is 18.3 Å². The average molecular weight is 468 g/mol. The van der Waals surface area contributed by atoms with Gasteiger partial charge in [-0.25, -0.2) is 0 Å². The fraction of sp³-hybridized carbons (Fsp3) is 0.240. The van der Waals surface area contributed by atoms with E-state index in [1.54, 1.807) is 12.1 Å². The number of aryl methyl sites for hydroxylation is 1. The number of carbonyl (C=O) groups is 1. The number of benzene rings is 3. The van der Waals surface area contributed by atoms with Gasteiger partial charge >= 0.3 is 0 Å². The fourth-order valence-electron chi connectivity index (χ4n) is 3.01. The summed E-state index contributed by atoms with van der Waals surface area (Å²) in [6, 6.07) is 23.2. The molecule has 0 spiro atoms. The van der Waals surface area contributed by atoms with Crippen LogP contribution in [0.1, 0.15) is 36.2 Å². The predicted molar refractivity (Wildman–Crippen MR) is 125 cm³/mol. The number of anilines is 1. The summed E-state index contributed by atoms with van der Waals surface area (Å²) < 4.78 is 12.5. The molecule has 3 aromatic rings. The highest BCUT2D eigenvalue weighted by atomic mass is 79.9. The van der Waals surface area contributed by atoms with E-state index in [9.17, 15) is 4.79 Å². The van der Waals surface area contributed by atoms with Crippen molar-refractivity contribution in [2.45, 2.75) is 32.8 Å². The number of ether oxygens (including phenoxy) is 2. The Balaban J connectivity index is 1.59. The fourth-order valence-corrected chi connectivity index (χ4v) is 3.37. The molecule has 0 aliphatic heterocycles. The van der Waals surface area contributed by atoms with Crippen LogP contribution in [0.5, 0.6) is 11.5 Å². The van der Waals surface area contributed by atoms with Gasteiger partial charge in [-0.1, -0.05) is 52.3 Å². The van der Waals surface area contributed by atoms with E-state index in [-0.39, 0.29) is 12.0 Å². The van der Waals surface area contributed by atoms with Gasteiger partial charge < -0.3 is 14.8 Å². The molecule has 30 heavy (non-hydrogen) atoms. The lowest BCUT2D eigenvalue weighted by Gasteiger charge is -2.15. The maximum absolute atomic E-state index is 12.8. The summed E-state index contributed by atoms with van der Waals surface area (Å²) in [7, 11) is 0. The normalized spacial score (nSPS) is 10.7. The Hall–Kier alpha value is -2.79. The molecule has 0 heterocycles. The van der Waals surface area contributed by atoms with E-state index in [0.717, 1.165) is 23.1 Å². The molecule has 0 saturated carbocycles. The summed E-state index contributed by atoms with van der Waals surface area (Å²) in [6.45, 7) is 4.48. The van der Waals surface area contributed by atoms with Crippen molar-refractivity contribution in [3.8, 4) is 11.5 Å². The molecule has 1 amide bonds. The Labute approximate surface area is 186 Å². The van der Waals surface area contributed by atoms with Gasteiger partial charge in [0.1, 0.15) is 11.5 Å². The maximum atomic E-state index is 12.8. The van der Waals surface area contributed by atoms with Gasteiger partial charge in [0.15, 0.2) is 0 Å². The van der Waals surface area contributed by atoms with Gasteiger partial charge in [-0.2, -0.15) is 0 Å². The van der Waals surface area contributed by atoms with Gasteiger partial charge in [-0.05, 0) is 62.6 Å². The Morgan fingerprint density at radius 3 is 2.57 bits per heavy atom. The van der Waals surface area contributed by atoms with E-state index >= 15 is 0 Å². The maximum Gasteiger partial charge on any atom is 0.259 e. The molecule has 156 valence electrons. The van der Waals surface area contributed by atoms with Crippen LogP contribution in [-0.4, -0.2) is 18.6 Å². The summed E-state index contributed by atoms with van der Waals surface area (Å²) >= 11 is 3.42. The highest BCUT2D eigenvalue weighted by Crippen LogP contribution is 2.26. The molecule has 0 aromatic heterocycles. The summed E-state index contributed by atoms with van der Waals surface area (Å²) in [5.41, 5.74) is 2.46. The minimum Gasteiger partial charge on any atom is -0.494 e. The molecular formula is C25H26BrNO3. The van der Waals surface area contributed by atoms with Crippen molar-refractivity contribution in [2.75, 3.05) is 11.9 Å². The van der Waals surface area contributed by atoms with Gasteiger partial charge in [0, 0.05) is 16.2 Å². The number of rotatable bonds is 9. The van der Waals surface area contributed by atoms with Crippen LogP contribution in [0.25, 0.3) is 0 Å². The topological polar surface area (TPSA) is 47.6 Å². The van der Waals surface area contributed by atoms with Gasteiger partial charge in [-0.15, -0.1) is 0 Å². The molecule has 0 atom stereocenters. The minimum atomic E-state index is -0.229. The van der Waals surface area contributed by atoms with E-state index in [2.05, 4.69) is 33.4 Å². The molecule has 0 fully saturated rings. The van der Waals surface area contributed by atoms with Crippen molar-refractivity contribution in [1.82, 2.24) is 0 Å². The second kappa shape index (κ2) is 10.8. The van der Waals surface area contributed by atoms with E-state index in [1.807, 2.05) is 62.4 Å². The van der Waals surface area contributed by atoms with Gasteiger partial charge in [-0.3, -0.25) is 4.79 Å². The Bertz CT molecular complexity index is 973. The van der Waals surface area contributed by atoms with Crippen LogP contribution in [0.4, 0.5) is 5.69 Å². The number of nitrogens with one attached hydrogen (secondary N) is 1. The monoisotopic (exact) mass is 467 g/mol. The van der Waals surface area contributed by atoms with Gasteiger partial charge in [0.2, 0.25) is 0 Å². The molecule has 0 aliphatic carbocycles. The highest BCUT2D eigenvalue weighted by Gasteiger charge is 2.15. The van der Waals surface area contributed by atoms with Crippen molar-refractivity contribution < 1.29 is 14.3 Å². The summed E-state index contributed by atoms with van der Waals surface area (Å²) in [4.78, 5) is 12.8. The number of hydrogen-bond acceptors (Lipinski definition) is 3. The van der Waals surface area contributed by atoms with Crippen molar-refractivity contribution in [1.29, 1.82) is 0 Å². The lowest BCUT2D eigenvalue weighted by atomic mass is 10.1. The third-order valence-corrected chi connectivity index (χ3v) is 4.86. The van der Waals surface area contributed by atoms with Crippen LogP contribution in [0.2, 0.25) is 0 Å². The Morgan fingerprint density at radius 2 is 1.80 bits per heavy atom. The van der Waals surface area contributed by atoms with E-state index in [0.29, 0.717) is 23.6 Å². The smallest absolute Gasteiger partial charge is 0.259 e. The quantitative estimate of drug-likeness (QED) is 0.365. The summed E-state index contributed by atoms with van der Waals surface area (Å²) in [5, 5.41) is 2.94. The van der Waals surface area contributed by atoms with Crippen LogP contribution >= 0.6 is 15.9 Å². The lowest BCUT2D eigenvalue weighted by Crippen LogP contribution is -2.16. The molecule has 1 N–H and O–H groups in total. The molecule has 0 saturated heterocycles. The van der Waals surface area contributed by atoms with Crippen molar-refractivity contribution in [3.05, 3.63) is 88.4 Å². The van der Waals surface area contributed by atoms with E-state index in [4.69, 9.17) is 9.47 Å². The molecule has 0 radical (unpaired) electrons. The highest BCUT2D eigenvalue weighted by molar-refractivity contribution is 9.10.